The van der Waals surface area contributed by atoms with Crippen LogP contribution in [0.4, 0.5) is 0 Å². The Morgan fingerprint density at radius 2 is 1.33 bits per heavy atom. The van der Waals surface area contributed by atoms with E-state index in [2.05, 4.69) is 16.9 Å². The van der Waals surface area contributed by atoms with Gasteiger partial charge in [0.05, 0.1) is 5.70 Å². The van der Waals surface area contributed by atoms with Gasteiger partial charge in [0.25, 0.3) is 0 Å². The fraction of sp³-hybridized carbons (Fsp3) is 0.0909. The number of nitrogens with zero attached hydrogens (tertiary/aromatic N) is 3. The summed E-state index contributed by atoms with van der Waals surface area (Å²) in [6, 6.07) is 23.7. The summed E-state index contributed by atoms with van der Waals surface area (Å²) in [5, 5.41) is 32.6. The predicted octanol–water partition coefficient (Wildman–Crippen LogP) is 3.04. The molecular weight excluding hydrogens is 338 g/mol. The van der Waals surface area contributed by atoms with E-state index in [0.717, 1.165) is 0 Å². The highest BCUT2D eigenvalue weighted by Gasteiger charge is 2.59. The highest BCUT2D eigenvalue weighted by Crippen LogP contribution is 2.55. The molecule has 3 aromatic carbocycles. The van der Waals surface area contributed by atoms with E-state index in [-0.39, 0.29) is 5.70 Å². The molecular formula is C22H17N3O2. The van der Waals surface area contributed by atoms with Crippen molar-refractivity contribution in [1.82, 2.24) is 15.0 Å². The van der Waals surface area contributed by atoms with Gasteiger partial charge in [-0.3, -0.25) is 0 Å². The van der Waals surface area contributed by atoms with Crippen molar-refractivity contribution in [3.05, 3.63) is 102 Å². The highest BCUT2D eigenvalue weighted by molar-refractivity contribution is 5.88. The SMILES string of the molecule is C=C1n2nnc3cccc(c32)C(O)(c2ccccc2)C1(O)c1ccccc1. The van der Waals surface area contributed by atoms with Crippen molar-refractivity contribution in [3.8, 4) is 0 Å². The van der Waals surface area contributed by atoms with E-state index in [1.165, 1.54) is 4.68 Å². The van der Waals surface area contributed by atoms with Gasteiger partial charge in [-0.15, -0.1) is 5.10 Å². The van der Waals surface area contributed by atoms with Gasteiger partial charge < -0.3 is 10.2 Å². The summed E-state index contributed by atoms with van der Waals surface area (Å²) < 4.78 is 1.52. The molecule has 0 aliphatic carbocycles. The average molecular weight is 355 g/mol. The molecule has 5 heteroatoms. The zero-order valence-corrected chi connectivity index (χ0v) is 14.4. The Labute approximate surface area is 155 Å². The summed E-state index contributed by atoms with van der Waals surface area (Å²) in [6.45, 7) is 4.11. The minimum Gasteiger partial charge on any atom is -0.376 e. The third-order valence-electron chi connectivity index (χ3n) is 5.44. The number of hydrogen-bond donors (Lipinski definition) is 2. The smallest absolute Gasteiger partial charge is 0.168 e. The van der Waals surface area contributed by atoms with Crippen LogP contribution in [0.15, 0.2) is 85.4 Å². The molecule has 2 heterocycles. The fourth-order valence-electron chi connectivity index (χ4n) is 4.11. The predicted molar refractivity (Wildman–Crippen MR) is 103 cm³/mol. The summed E-state index contributed by atoms with van der Waals surface area (Å²) in [5.41, 5.74) is -0.421. The second-order valence-corrected chi connectivity index (χ2v) is 6.77. The molecule has 2 atom stereocenters. The van der Waals surface area contributed by atoms with Gasteiger partial charge in [-0.05, 0) is 17.2 Å². The molecule has 5 nitrogen and oxygen atoms in total. The summed E-state index contributed by atoms with van der Waals surface area (Å²) in [5.74, 6) is 0. The molecule has 0 amide bonds. The summed E-state index contributed by atoms with van der Waals surface area (Å²) in [4.78, 5) is 0. The first-order chi connectivity index (χ1) is 13.1. The van der Waals surface area contributed by atoms with Gasteiger partial charge in [-0.1, -0.05) is 84.6 Å². The minimum absolute atomic E-state index is 0.251. The van der Waals surface area contributed by atoms with E-state index in [1.807, 2.05) is 48.5 Å². The molecule has 0 radical (unpaired) electrons. The van der Waals surface area contributed by atoms with Gasteiger partial charge in [0.1, 0.15) is 11.0 Å². The van der Waals surface area contributed by atoms with Crippen LogP contribution in [0, 0.1) is 0 Å². The lowest BCUT2D eigenvalue weighted by atomic mass is 9.66. The average Bonchev–Trinajstić information content (AvgIpc) is 3.17. The number of benzene rings is 3. The molecule has 0 spiro atoms. The van der Waals surface area contributed by atoms with E-state index in [0.29, 0.717) is 27.7 Å². The van der Waals surface area contributed by atoms with Gasteiger partial charge in [-0.2, -0.15) is 0 Å². The van der Waals surface area contributed by atoms with Crippen LogP contribution in [-0.4, -0.2) is 25.2 Å². The maximum Gasteiger partial charge on any atom is 0.168 e. The van der Waals surface area contributed by atoms with E-state index in [4.69, 9.17) is 0 Å². The number of aromatic nitrogens is 3. The van der Waals surface area contributed by atoms with Crippen LogP contribution in [-0.2, 0) is 11.2 Å². The molecule has 1 aliphatic rings. The van der Waals surface area contributed by atoms with Crippen LogP contribution in [0.25, 0.3) is 16.7 Å². The largest absolute Gasteiger partial charge is 0.376 e. The fourth-order valence-corrected chi connectivity index (χ4v) is 4.11. The van der Waals surface area contributed by atoms with Crippen molar-refractivity contribution in [1.29, 1.82) is 0 Å². The molecule has 0 fully saturated rings. The lowest BCUT2D eigenvalue weighted by molar-refractivity contribution is -0.106. The Kier molecular flexibility index (Phi) is 3.16. The van der Waals surface area contributed by atoms with Crippen molar-refractivity contribution in [2.24, 2.45) is 0 Å². The Hall–Kier alpha value is -3.28. The molecule has 0 saturated carbocycles. The first-order valence-corrected chi connectivity index (χ1v) is 8.69. The third kappa shape index (κ3) is 1.84. The van der Waals surface area contributed by atoms with Crippen molar-refractivity contribution >= 4 is 16.7 Å². The number of para-hydroxylation sites is 1. The number of aliphatic hydroxyl groups is 2. The Bertz CT molecular complexity index is 1170. The van der Waals surface area contributed by atoms with Crippen molar-refractivity contribution in [2.45, 2.75) is 11.2 Å². The van der Waals surface area contributed by atoms with Gasteiger partial charge >= 0.3 is 0 Å². The molecule has 2 N–H and O–H groups in total. The molecule has 0 bridgehead atoms. The van der Waals surface area contributed by atoms with Crippen molar-refractivity contribution < 1.29 is 10.2 Å². The molecule has 1 aromatic heterocycles. The molecule has 27 heavy (non-hydrogen) atoms. The summed E-state index contributed by atoms with van der Waals surface area (Å²) in [6.07, 6.45) is 0. The second-order valence-electron chi connectivity index (χ2n) is 6.77. The Morgan fingerprint density at radius 1 is 0.741 bits per heavy atom. The zero-order valence-electron chi connectivity index (χ0n) is 14.4. The monoisotopic (exact) mass is 355 g/mol. The molecule has 2 unspecified atom stereocenters. The van der Waals surface area contributed by atoms with E-state index in [1.54, 1.807) is 30.3 Å². The van der Waals surface area contributed by atoms with Gasteiger partial charge in [0.2, 0.25) is 0 Å². The summed E-state index contributed by atoms with van der Waals surface area (Å²) in [7, 11) is 0. The highest BCUT2D eigenvalue weighted by atomic mass is 16.4. The first kappa shape index (κ1) is 15.9. The lowest BCUT2D eigenvalue weighted by Gasteiger charge is -2.48. The van der Waals surface area contributed by atoms with Crippen LogP contribution in [0.5, 0.6) is 0 Å². The van der Waals surface area contributed by atoms with E-state index in [9.17, 15) is 10.2 Å². The molecule has 1 aliphatic heterocycles. The summed E-state index contributed by atoms with van der Waals surface area (Å²) >= 11 is 0. The third-order valence-corrected chi connectivity index (χ3v) is 5.44. The standard InChI is InChI=1S/C22H17N3O2/c1-15-21(26,16-9-4-2-5-10-16)22(27,17-11-6-3-7-12-17)18-13-8-14-19-20(18)25(15)24-23-19/h2-14,26-27H,1H2. The molecule has 5 rings (SSSR count). The molecule has 4 aromatic rings. The maximum absolute atomic E-state index is 12.2. The first-order valence-electron chi connectivity index (χ1n) is 8.69. The quantitative estimate of drug-likeness (QED) is 0.580. The maximum atomic E-state index is 12.2. The van der Waals surface area contributed by atoms with Crippen LogP contribution < -0.4 is 0 Å². The zero-order chi connectivity index (χ0) is 18.6. The van der Waals surface area contributed by atoms with E-state index < -0.39 is 11.2 Å². The Balaban J connectivity index is 1.96. The van der Waals surface area contributed by atoms with Crippen molar-refractivity contribution in [2.75, 3.05) is 0 Å². The van der Waals surface area contributed by atoms with Crippen LogP contribution in [0.2, 0.25) is 0 Å². The van der Waals surface area contributed by atoms with E-state index >= 15 is 0 Å². The topological polar surface area (TPSA) is 71.2 Å². The second kappa shape index (κ2) is 5.36. The Morgan fingerprint density at radius 3 is 1.96 bits per heavy atom. The van der Waals surface area contributed by atoms with Gasteiger partial charge in [0, 0.05) is 5.56 Å². The van der Waals surface area contributed by atoms with Gasteiger partial charge in [-0.25, -0.2) is 4.68 Å². The minimum atomic E-state index is -1.83. The molecule has 0 saturated heterocycles. The van der Waals surface area contributed by atoms with Crippen LogP contribution in [0.3, 0.4) is 0 Å². The number of rotatable bonds is 2. The van der Waals surface area contributed by atoms with Crippen LogP contribution in [0.1, 0.15) is 16.7 Å². The number of hydrogen-bond acceptors (Lipinski definition) is 4. The molecule has 132 valence electrons. The normalized spacial score (nSPS) is 24.3. The van der Waals surface area contributed by atoms with Crippen LogP contribution >= 0.6 is 0 Å². The van der Waals surface area contributed by atoms with Gasteiger partial charge in [0.15, 0.2) is 11.2 Å². The van der Waals surface area contributed by atoms with Crippen molar-refractivity contribution in [3.63, 3.8) is 0 Å². The lowest BCUT2D eigenvalue weighted by Crippen LogP contribution is -2.54.